The molecular weight excluding hydrogens is 364 g/mol. The van der Waals surface area contributed by atoms with Gasteiger partial charge in [0.05, 0.1) is 6.04 Å². The molecule has 0 unspecified atom stereocenters. The first-order chi connectivity index (χ1) is 14.0. The van der Waals surface area contributed by atoms with Crippen molar-refractivity contribution in [3.63, 3.8) is 0 Å². The molecule has 2 saturated heterocycles. The van der Waals surface area contributed by atoms with Crippen LogP contribution in [0.4, 0.5) is 0 Å². The first kappa shape index (κ1) is 23.6. The molecular formula is C23H40N4O2. The van der Waals surface area contributed by atoms with Crippen molar-refractivity contribution in [2.75, 3.05) is 32.7 Å². The molecule has 164 valence electrons. The van der Waals surface area contributed by atoms with Crippen molar-refractivity contribution >= 4 is 5.91 Å². The number of aromatic amines is 1. The number of aryl methyl sites for hydroxylation is 2. The third-order valence-corrected chi connectivity index (χ3v) is 6.19. The van der Waals surface area contributed by atoms with Crippen LogP contribution in [-0.2, 0) is 4.79 Å². The maximum Gasteiger partial charge on any atom is 0.248 e. The molecule has 6 heteroatoms. The van der Waals surface area contributed by atoms with Crippen LogP contribution in [0.5, 0.6) is 0 Å². The Morgan fingerprint density at radius 3 is 2.28 bits per heavy atom. The largest absolute Gasteiger partial charge is 0.340 e. The number of carbonyl (C=O) groups is 1. The zero-order chi connectivity index (χ0) is 21.2. The van der Waals surface area contributed by atoms with Gasteiger partial charge in [-0.05, 0) is 63.6 Å². The van der Waals surface area contributed by atoms with Gasteiger partial charge < -0.3 is 15.2 Å². The lowest BCUT2D eigenvalue weighted by Gasteiger charge is -2.36. The van der Waals surface area contributed by atoms with E-state index in [9.17, 15) is 9.59 Å². The highest BCUT2D eigenvalue weighted by Gasteiger charge is 2.30. The van der Waals surface area contributed by atoms with Gasteiger partial charge in [-0.3, -0.25) is 14.5 Å². The van der Waals surface area contributed by atoms with E-state index in [-0.39, 0.29) is 11.6 Å². The second-order valence-corrected chi connectivity index (χ2v) is 8.11. The number of nitrogens with one attached hydrogen (secondary N) is 2. The van der Waals surface area contributed by atoms with Crippen LogP contribution < -0.4 is 10.9 Å². The minimum Gasteiger partial charge on any atom is -0.340 e. The van der Waals surface area contributed by atoms with Gasteiger partial charge in [0.25, 0.3) is 0 Å². The van der Waals surface area contributed by atoms with Crippen LogP contribution in [-0.4, -0.2) is 65.5 Å². The second kappa shape index (κ2) is 12.1. The van der Waals surface area contributed by atoms with E-state index in [2.05, 4.69) is 20.1 Å². The van der Waals surface area contributed by atoms with Crippen LogP contribution in [0, 0.1) is 13.8 Å². The number of pyridine rings is 1. The quantitative estimate of drug-likeness (QED) is 0.795. The lowest BCUT2D eigenvalue weighted by molar-refractivity contribution is -0.133. The van der Waals surface area contributed by atoms with E-state index in [0.29, 0.717) is 5.91 Å². The number of hydrogen-bond donors (Lipinski definition) is 2. The van der Waals surface area contributed by atoms with Gasteiger partial charge in [0.1, 0.15) is 0 Å². The summed E-state index contributed by atoms with van der Waals surface area (Å²) in [4.78, 5) is 30.2. The van der Waals surface area contributed by atoms with E-state index in [1.165, 1.54) is 25.8 Å². The smallest absolute Gasteiger partial charge is 0.248 e. The molecule has 2 aliphatic heterocycles. The number of nitrogens with zero attached hydrogens (tertiary/aromatic N) is 2. The highest BCUT2D eigenvalue weighted by molar-refractivity contribution is 5.82. The van der Waals surface area contributed by atoms with Crippen LogP contribution in [0.15, 0.2) is 17.1 Å². The normalized spacial score (nSPS) is 22.5. The van der Waals surface area contributed by atoms with Crippen LogP contribution in [0.3, 0.4) is 0 Å². The second-order valence-electron chi connectivity index (χ2n) is 8.11. The van der Waals surface area contributed by atoms with E-state index >= 15 is 0 Å². The monoisotopic (exact) mass is 404 g/mol. The summed E-state index contributed by atoms with van der Waals surface area (Å²) < 4.78 is 0. The molecule has 1 amide bonds. The fraction of sp³-hybridized carbons (Fsp3) is 0.739. The number of H-pyrrole nitrogens is 1. The van der Waals surface area contributed by atoms with Gasteiger partial charge in [-0.2, -0.15) is 0 Å². The molecule has 6 nitrogen and oxygen atoms in total. The number of hydrogen-bond acceptors (Lipinski definition) is 4. The number of amides is 1. The molecule has 1 aromatic rings. The summed E-state index contributed by atoms with van der Waals surface area (Å²) in [6.07, 6.45) is 9.19. The van der Waals surface area contributed by atoms with Gasteiger partial charge in [-0.25, -0.2) is 0 Å². The molecule has 0 radical (unpaired) electrons. The summed E-state index contributed by atoms with van der Waals surface area (Å²) in [7, 11) is 0. The van der Waals surface area contributed by atoms with Crippen molar-refractivity contribution in [1.29, 1.82) is 0 Å². The van der Waals surface area contributed by atoms with Crippen molar-refractivity contribution in [2.24, 2.45) is 0 Å². The molecule has 0 bridgehead atoms. The predicted octanol–water partition coefficient (Wildman–Crippen LogP) is 2.84. The summed E-state index contributed by atoms with van der Waals surface area (Å²) >= 11 is 0. The Bertz CT molecular complexity index is 678. The molecule has 1 aromatic heterocycles. The molecule has 29 heavy (non-hydrogen) atoms. The number of carbonyl (C=O) groups excluding carboxylic acids is 1. The van der Waals surface area contributed by atoms with E-state index < -0.39 is 0 Å². The Morgan fingerprint density at radius 2 is 1.72 bits per heavy atom. The van der Waals surface area contributed by atoms with Gasteiger partial charge in [-0.1, -0.05) is 20.3 Å². The summed E-state index contributed by atoms with van der Waals surface area (Å²) in [5, 5.41) is 3.33. The standard InChI is InChI=1S/C14H25N3O.C7H9NO.C2H6/c18-14(13-6-2-7-15-13)17-9-3-8-16(10-11-17)12-4-1-5-12;1-5-3-7(9)8-4-6(5)2;1-2/h12-13,15H,1-11H2;3-4H,1-2H3,(H,8,9);1-2H3/t13-;;/m1../s1. The molecule has 3 fully saturated rings. The van der Waals surface area contributed by atoms with Crippen LogP contribution in [0.1, 0.15) is 63.5 Å². The highest BCUT2D eigenvalue weighted by atomic mass is 16.2. The average molecular weight is 405 g/mol. The zero-order valence-electron chi connectivity index (χ0n) is 18.8. The van der Waals surface area contributed by atoms with Crippen LogP contribution in [0.25, 0.3) is 0 Å². The van der Waals surface area contributed by atoms with Gasteiger partial charge in [0.2, 0.25) is 11.5 Å². The third kappa shape index (κ3) is 6.96. The Kier molecular flexibility index (Phi) is 9.88. The Labute approximate surface area is 176 Å². The summed E-state index contributed by atoms with van der Waals surface area (Å²) in [5.74, 6) is 0.350. The average Bonchev–Trinajstić information content (AvgIpc) is 3.12. The topological polar surface area (TPSA) is 68.4 Å². The summed E-state index contributed by atoms with van der Waals surface area (Å²) in [5.41, 5.74) is 2.13. The molecule has 1 aliphatic carbocycles. The lowest BCUT2D eigenvalue weighted by Crippen LogP contribution is -2.46. The molecule has 4 rings (SSSR count). The minimum atomic E-state index is -0.0295. The van der Waals surface area contributed by atoms with Crippen molar-refractivity contribution < 1.29 is 4.79 Å². The molecule has 0 aromatic carbocycles. The first-order valence-electron chi connectivity index (χ1n) is 11.5. The van der Waals surface area contributed by atoms with E-state index in [0.717, 1.165) is 62.6 Å². The Morgan fingerprint density at radius 1 is 0.966 bits per heavy atom. The van der Waals surface area contributed by atoms with Crippen molar-refractivity contribution in [1.82, 2.24) is 20.1 Å². The molecule has 1 saturated carbocycles. The first-order valence-corrected chi connectivity index (χ1v) is 11.5. The maximum absolute atomic E-state index is 12.4. The fourth-order valence-corrected chi connectivity index (χ4v) is 4.04. The van der Waals surface area contributed by atoms with E-state index in [4.69, 9.17) is 0 Å². The molecule has 1 atom stereocenters. The van der Waals surface area contributed by atoms with Crippen molar-refractivity contribution in [3.05, 3.63) is 33.7 Å². The van der Waals surface area contributed by atoms with Crippen LogP contribution in [0.2, 0.25) is 0 Å². The van der Waals surface area contributed by atoms with Gasteiger partial charge >= 0.3 is 0 Å². The molecule has 2 N–H and O–H groups in total. The predicted molar refractivity (Wildman–Crippen MR) is 119 cm³/mol. The Balaban J connectivity index is 0.000000231. The van der Waals surface area contributed by atoms with Crippen molar-refractivity contribution in [3.8, 4) is 0 Å². The SMILES string of the molecule is CC.Cc1c[nH]c(=O)cc1C.O=C([C@H]1CCCN1)N1CCCN(C2CCC2)CC1. The minimum absolute atomic E-state index is 0.0295. The fourth-order valence-electron chi connectivity index (χ4n) is 4.04. The number of aromatic nitrogens is 1. The molecule has 3 aliphatic rings. The van der Waals surface area contributed by atoms with E-state index in [1.54, 1.807) is 12.3 Å². The zero-order valence-corrected chi connectivity index (χ0v) is 18.8. The third-order valence-electron chi connectivity index (χ3n) is 6.19. The van der Waals surface area contributed by atoms with Crippen LogP contribution >= 0.6 is 0 Å². The van der Waals surface area contributed by atoms with E-state index in [1.807, 2.05) is 27.7 Å². The maximum atomic E-state index is 12.4. The summed E-state index contributed by atoms with van der Waals surface area (Å²) in [6, 6.07) is 2.53. The molecule has 0 spiro atoms. The molecule has 3 heterocycles. The lowest BCUT2D eigenvalue weighted by atomic mass is 9.91. The number of rotatable bonds is 2. The van der Waals surface area contributed by atoms with Gasteiger partial charge in [-0.15, -0.1) is 0 Å². The van der Waals surface area contributed by atoms with Gasteiger partial charge in [0, 0.05) is 44.5 Å². The highest BCUT2D eigenvalue weighted by Crippen LogP contribution is 2.25. The Hall–Kier alpha value is -1.66. The van der Waals surface area contributed by atoms with Gasteiger partial charge in [0.15, 0.2) is 0 Å². The van der Waals surface area contributed by atoms with Crippen molar-refractivity contribution in [2.45, 2.75) is 78.3 Å². The summed E-state index contributed by atoms with van der Waals surface area (Å²) in [6.45, 7) is 13.1.